The summed E-state index contributed by atoms with van der Waals surface area (Å²) in [6.07, 6.45) is 1.93. The highest BCUT2D eigenvalue weighted by atomic mass is 35.5. The van der Waals surface area contributed by atoms with Gasteiger partial charge in [0.25, 0.3) is 0 Å². The number of amides is 1. The standard InChI is InChI=1S/C24H27ClN4O3S/c25-21-4-8-23(9-5-21)33(31,32)29-14-10-20(11-15-29)24(30)28-13-1-12-27(16-17-28)22-6-2-19(18-26)3-7-22/h2-9,20H,1,10-17H2. The molecule has 0 unspecified atom stereocenters. The van der Waals surface area contributed by atoms with Crippen LogP contribution in [0.15, 0.2) is 53.4 Å². The first-order valence-electron chi connectivity index (χ1n) is 11.2. The first-order chi connectivity index (χ1) is 15.9. The van der Waals surface area contributed by atoms with E-state index in [1.165, 1.54) is 16.4 Å². The highest BCUT2D eigenvalue weighted by Gasteiger charge is 2.34. The lowest BCUT2D eigenvalue weighted by Gasteiger charge is -2.33. The van der Waals surface area contributed by atoms with Gasteiger partial charge >= 0.3 is 0 Å². The van der Waals surface area contributed by atoms with Crippen molar-refractivity contribution < 1.29 is 13.2 Å². The summed E-state index contributed by atoms with van der Waals surface area (Å²) >= 11 is 5.88. The second-order valence-electron chi connectivity index (χ2n) is 8.46. The predicted molar refractivity (Wildman–Crippen MR) is 128 cm³/mol. The average Bonchev–Trinajstić information content (AvgIpc) is 3.10. The minimum atomic E-state index is -3.58. The van der Waals surface area contributed by atoms with Gasteiger partial charge in [-0.3, -0.25) is 4.79 Å². The van der Waals surface area contributed by atoms with Crippen molar-refractivity contribution >= 4 is 33.2 Å². The fourth-order valence-corrected chi connectivity index (χ4v) is 6.10. The molecule has 33 heavy (non-hydrogen) atoms. The lowest BCUT2D eigenvalue weighted by atomic mass is 9.96. The highest BCUT2D eigenvalue weighted by Crippen LogP contribution is 2.26. The minimum Gasteiger partial charge on any atom is -0.370 e. The van der Waals surface area contributed by atoms with Crippen molar-refractivity contribution in [1.29, 1.82) is 5.26 Å². The molecule has 0 spiro atoms. The SMILES string of the molecule is N#Cc1ccc(N2CCCN(C(=O)C3CCN(S(=O)(=O)c4ccc(Cl)cc4)CC3)CC2)cc1. The third kappa shape index (κ3) is 5.32. The smallest absolute Gasteiger partial charge is 0.243 e. The molecule has 0 radical (unpaired) electrons. The summed E-state index contributed by atoms with van der Waals surface area (Å²) in [6.45, 7) is 3.62. The number of anilines is 1. The molecule has 0 saturated carbocycles. The topological polar surface area (TPSA) is 84.7 Å². The van der Waals surface area contributed by atoms with Crippen LogP contribution in [-0.4, -0.2) is 62.8 Å². The van der Waals surface area contributed by atoms with Crippen LogP contribution in [0.5, 0.6) is 0 Å². The Bertz CT molecular complexity index is 1120. The van der Waals surface area contributed by atoms with E-state index in [0.717, 1.165) is 25.2 Å². The molecule has 9 heteroatoms. The third-order valence-electron chi connectivity index (χ3n) is 6.42. The maximum absolute atomic E-state index is 13.2. The van der Waals surface area contributed by atoms with Crippen molar-refractivity contribution in [3.05, 3.63) is 59.1 Å². The highest BCUT2D eigenvalue weighted by molar-refractivity contribution is 7.89. The van der Waals surface area contributed by atoms with E-state index in [1.54, 1.807) is 12.1 Å². The van der Waals surface area contributed by atoms with Gasteiger partial charge in [-0.2, -0.15) is 9.57 Å². The van der Waals surface area contributed by atoms with E-state index in [1.807, 2.05) is 29.2 Å². The largest absolute Gasteiger partial charge is 0.370 e. The number of benzene rings is 2. The maximum atomic E-state index is 13.2. The molecular weight excluding hydrogens is 460 g/mol. The first kappa shape index (κ1) is 23.6. The quantitative estimate of drug-likeness (QED) is 0.661. The number of hydrogen-bond donors (Lipinski definition) is 0. The van der Waals surface area contributed by atoms with Crippen LogP contribution in [0.25, 0.3) is 0 Å². The van der Waals surface area contributed by atoms with Crippen molar-refractivity contribution in [2.75, 3.05) is 44.2 Å². The lowest BCUT2D eigenvalue weighted by molar-refractivity contribution is -0.136. The van der Waals surface area contributed by atoms with Crippen LogP contribution >= 0.6 is 11.6 Å². The van der Waals surface area contributed by atoms with Gasteiger partial charge in [-0.05, 0) is 67.8 Å². The normalized spacial score (nSPS) is 18.5. The molecule has 2 aliphatic rings. The monoisotopic (exact) mass is 486 g/mol. The Morgan fingerprint density at radius 1 is 0.909 bits per heavy atom. The molecule has 2 saturated heterocycles. The van der Waals surface area contributed by atoms with Gasteiger partial charge < -0.3 is 9.80 Å². The second-order valence-corrected chi connectivity index (χ2v) is 10.8. The fraction of sp³-hybridized carbons (Fsp3) is 0.417. The summed E-state index contributed by atoms with van der Waals surface area (Å²) in [6, 6.07) is 15.9. The van der Waals surface area contributed by atoms with E-state index >= 15 is 0 Å². The molecule has 2 heterocycles. The number of sulfonamides is 1. The Labute approximate surface area is 200 Å². The Hall–Kier alpha value is -2.60. The van der Waals surface area contributed by atoms with Crippen molar-refractivity contribution in [3.8, 4) is 6.07 Å². The van der Waals surface area contributed by atoms with Gasteiger partial charge in [-0.1, -0.05) is 11.6 Å². The van der Waals surface area contributed by atoms with E-state index in [0.29, 0.717) is 49.6 Å². The van der Waals surface area contributed by atoms with Crippen molar-refractivity contribution in [2.45, 2.75) is 24.2 Å². The zero-order chi connectivity index (χ0) is 23.4. The van der Waals surface area contributed by atoms with Gasteiger partial charge in [0, 0.05) is 55.9 Å². The zero-order valence-corrected chi connectivity index (χ0v) is 19.9. The number of nitrogens with zero attached hydrogens (tertiary/aromatic N) is 4. The van der Waals surface area contributed by atoms with Gasteiger partial charge in [0.05, 0.1) is 16.5 Å². The summed E-state index contributed by atoms with van der Waals surface area (Å²) in [4.78, 5) is 17.6. The van der Waals surface area contributed by atoms with E-state index < -0.39 is 10.0 Å². The van der Waals surface area contributed by atoms with Gasteiger partial charge in [-0.25, -0.2) is 8.42 Å². The van der Waals surface area contributed by atoms with Crippen LogP contribution in [0.2, 0.25) is 5.02 Å². The molecule has 7 nitrogen and oxygen atoms in total. The van der Waals surface area contributed by atoms with Crippen LogP contribution < -0.4 is 4.90 Å². The molecular formula is C24H27ClN4O3S. The Kier molecular flexibility index (Phi) is 7.23. The molecule has 2 fully saturated rings. The number of carbonyl (C=O) groups excluding carboxylic acids is 1. The number of carbonyl (C=O) groups is 1. The first-order valence-corrected chi connectivity index (χ1v) is 13.0. The molecule has 2 aliphatic heterocycles. The third-order valence-corrected chi connectivity index (χ3v) is 8.59. The second kappa shape index (κ2) is 10.1. The van der Waals surface area contributed by atoms with Crippen LogP contribution in [0.3, 0.4) is 0 Å². The summed E-state index contributed by atoms with van der Waals surface area (Å²) in [7, 11) is -3.58. The van der Waals surface area contributed by atoms with Crippen molar-refractivity contribution in [3.63, 3.8) is 0 Å². The molecule has 174 valence electrons. The van der Waals surface area contributed by atoms with Crippen LogP contribution in [-0.2, 0) is 14.8 Å². The van der Waals surface area contributed by atoms with Gasteiger partial charge in [0.2, 0.25) is 15.9 Å². The number of piperidine rings is 1. The van der Waals surface area contributed by atoms with E-state index in [9.17, 15) is 13.2 Å². The predicted octanol–water partition coefficient (Wildman–Crippen LogP) is 3.35. The van der Waals surface area contributed by atoms with Crippen LogP contribution in [0, 0.1) is 17.2 Å². The zero-order valence-electron chi connectivity index (χ0n) is 18.4. The Morgan fingerprint density at radius 3 is 2.21 bits per heavy atom. The lowest BCUT2D eigenvalue weighted by Crippen LogP contribution is -2.45. The summed E-state index contributed by atoms with van der Waals surface area (Å²) in [5, 5.41) is 9.48. The van der Waals surface area contributed by atoms with Gasteiger partial charge in [0.15, 0.2) is 0 Å². The Balaban J connectivity index is 1.33. The van der Waals surface area contributed by atoms with E-state index in [-0.39, 0.29) is 16.7 Å². The molecule has 2 aromatic rings. The van der Waals surface area contributed by atoms with E-state index in [2.05, 4.69) is 11.0 Å². The van der Waals surface area contributed by atoms with Crippen LogP contribution in [0.1, 0.15) is 24.8 Å². The number of hydrogen-bond acceptors (Lipinski definition) is 5. The molecule has 2 aromatic carbocycles. The minimum absolute atomic E-state index is 0.125. The maximum Gasteiger partial charge on any atom is 0.243 e. The van der Waals surface area contributed by atoms with Crippen LogP contribution in [0.4, 0.5) is 5.69 Å². The number of nitriles is 1. The Morgan fingerprint density at radius 2 is 1.58 bits per heavy atom. The fourth-order valence-electron chi connectivity index (χ4n) is 4.50. The number of rotatable bonds is 4. The average molecular weight is 487 g/mol. The molecule has 0 aliphatic carbocycles. The summed E-state index contributed by atoms with van der Waals surface area (Å²) in [5.74, 6) is -0.0247. The molecule has 0 N–H and O–H groups in total. The number of halogens is 1. The van der Waals surface area contributed by atoms with E-state index in [4.69, 9.17) is 16.9 Å². The van der Waals surface area contributed by atoms with Crippen molar-refractivity contribution in [1.82, 2.24) is 9.21 Å². The summed E-state index contributed by atoms with van der Waals surface area (Å²) < 4.78 is 27.3. The summed E-state index contributed by atoms with van der Waals surface area (Å²) in [5.41, 5.74) is 1.69. The molecule has 0 aromatic heterocycles. The van der Waals surface area contributed by atoms with Gasteiger partial charge in [0.1, 0.15) is 0 Å². The van der Waals surface area contributed by atoms with Gasteiger partial charge in [-0.15, -0.1) is 0 Å². The molecule has 0 atom stereocenters. The molecule has 4 rings (SSSR count). The molecule has 0 bridgehead atoms. The van der Waals surface area contributed by atoms with Crippen molar-refractivity contribution in [2.24, 2.45) is 5.92 Å². The molecule has 1 amide bonds.